The van der Waals surface area contributed by atoms with E-state index in [0.29, 0.717) is 23.8 Å². The van der Waals surface area contributed by atoms with Crippen molar-refractivity contribution >= 4 is 5.91 Å². The summed E-state index contributed by atoms with van der Waals surface area (Å²) >= 11 is 0. The van der Waals surface area contributed by atoms with Crippen molar-refractivity contribution in [3.05, 3.63) is 23.2 Å². The van der Waals surface area contributed by atoms with Gasteiger partial charge in [-0.05, 0) is 32.3 Å². The van der Waals surface area contributed by atoms with Gasteiger partial charge in [0.25, 0.3) is 5.91 Å². The van der Waals surface area contributed by atoms with Crippen LogP contribution in [0.3, 0.4) is 0 Å². The maximum absolute atomic E-state index is 12.2. The summed E-state index contributed by atoms with van der Waals surface area (Å²) in [6.07, 6.45) is 1.07. The first-order valence-electron chi connectivity index (χ1n) is 5.65. The molecular formula is C12H16N2O2. The Balaban J connectivity index is 1.81. The first kappa shape index (κ1) is 9.90. The Hall–Kier alpha value is -1.29. The highest BCUT2D eigenvalue weighted by Gasteiger charge is 2.58. The highest BCUT2D eigenvalue weighted by atomic mass is 16.3. The molecule has 1 aromatic rings. The van der Waals surface area contributed by atoms with Crippen LogP contribution in [0.1, 0.15) is 28.3 Å². The normalized spacial score (nSPS) is 31.7. The van der Waals surface area contributed by atoms with Crippen molar-refractivity contribution in [3.8, 4) is 0 Å². The summed E-state index contributed by atoms with van der Waals surface area (Å²) in [5, 5.41) is 0. The topological polar surface area (TPSA) is 59.5 Å². The minimum atomic E-state index is -0.0810. The number of fused-ring (bicyclic) bond motifs is 1. The molecule has 0 radical (unpaired) electrons. The summed E-state index contributed by atoms with van der Waals surface area (Å²) in [7, 11) is 0. The average molecular weight is 220 g/mol. The van der Waals surface area contributed by atoms with Crippen LogP contribution in [0.25, 0.3) is 0 Å². The second-order valence-electron chi connectivity index (χ2n) is 5.15. The Bertz CT molecular complexity index is 466. The Morgan fingerprint density at radius 2 is 2.38 bits per heavy atom. The van der Waals surface area contributed by atoms with Gasteiger partial charge in [-0.25, -0.2) is 0 Å². The molecule has 2 N–H and O–H groups in total. The molecule has 0 unspecified atom stereocenters. The molecule has 1 aromatic heterocycles. The fourth-order valence-electron chi connectivity index (χ4n) is 2.69. The van der Waals surface area contributed by atoms with Gasteiger partial charge < -0.3 is 15.1 Å². The van der Waals surface area contributed by atoms with E-state index in [1.165, 1.54) is 0 Å². The van der Waals surface area contributed by atoms with Crippen molar-refractivity contribution in [2.24, 2.45) is 11.7 Å². The molecule has 2 atom stereocenters. The number of aryl methyl sites for hydroxylation is 2. The van der Waals surface area contributed by atoms with E-state index in [4.69, 9.17) is 10.2 Å². The number of likely N-dealkylation sites (tertiary alicyclic amines) is 1. The minimum Gasteiger partial charge on any atom is -0.466 e. The maximum atomic E-state index is 12.2. The number of nitrogens with two attached hydrogens (primary N) is 1. The zero-order chi connectivity index (χ0) is 11.5. The van der Waals surface area contributed by atoms with Crippen LogP contribution in [0.5, 0.6) is 0 Å². The highest BCUT2D eigenvalue weighted by Crippen LogP contribution is 2.47. The maximum Gasteiger partial charge on any atom is 0.257 e. The van der Waals surface area contributed by atoms with Crippen molar-refractivity contribution in [2.75, 3.05) is 13.1 Å². The third-order valence-corrected chi connectivity index (χ3v) is 3.76. The Kier molecular flexibility index (Phi) is 1.79. The predicted molar refractivity (Wildman–Crippen MR) is 59.1 cm³/mol. The quantitative estimate of drug-likeness (QED) is 0.770. The number of carbonyl (C=O) groups is 1. The minimum absolute atomic E-state index is 0.0615. The largest absolute Gasteiger partial charge is 0.466 e. The van der Waals surface area contributed by atoms with Gasteiger partial charge in [0.05, 0.1) is 5.56 Å². The lowest BCUT2D eigenvalue weighted by molar-refractivity contribution is 0.0771. The first-order chi connectivity index (χ1) is 7.49. The number of nitrogens with zero attached hydrogens (tertiary/aromatic N) is 1. The van der Waals surface area contributed by atoms with Crippen molar-refractivity contribution in [3.63, 3.8) is 0 Å². The van der Waals surface area contributed by atoms with Crippen molar-refractivity contribution in [2.45, 2.75) is 25.8 Å². The molecule has 2 fully saturated rings. The average Bonchev–Trinajstić information content (AvgIpc) is 2.54. The van der Waals surface area contributed by atoms with Gasteiger partial charge in [0, 0.05) is 18.6 Å². The fraction of sp³-hybridized carbons (Fsp3) is 0.583. The van der Waals surface area contributed by atoms with Gasteiger partial charge >= 0.3 is 0 Å². The lowest BCUT2D eigenvalue weighted by Gasteiger charge is -2.18. The molecular weight excluding hydrogens is 204 g/mol. The zero-order valence-corrected chi connectivity index (χ0v) is 9.62. The van der Waals surface area contributed by atoms with Crippen molar-refractivity contribution < 1.29 is 9.21 Å². The summed E-state index contributed by atoms with van der Waals surface area (Å²) in [6.45, 7) is 5.18. The molecule has 0 aromatic carbocycles. The van der Waals surface area contributed by atoms with E-state index in [-0.39, 0.29) is 11.4 Å². The monoisotopic (exact) mass is 220 g/mol. The second-order valence-corrected chi connectivity index (χ2v) is 5.15. The van der Waals surface area contributed by atoms with E-state index in [1.807, 2.05) is 24.8 Å². The molecule has 1 amide bonds. The van der Waals surface area contributed by atoms with E-state index in [0.717, 1.165) is 18.7 Å². The molecule has 2 aliphatic rings. The van der Waals surface area contributed by atoms with E-state index in [9.17, 15) is 4.79 Å². The number of amides is 1. The van der Waals surface area contributed by atoms with Crippen LogP contribution in [0.15, 0.2) is 10.5 Å². The molecule has 16 heavy (non-hydrogen) atoms. The lowest BCUT2D eigenvalue weighted by Crippen LogP contribution is -2.37. The Labute approximate surface area is 94.4 Å². The van der Waals surface area contributed by atoms with Crippen LogP contribution in [0.4, 0.5) is 0 Å². The smallest absolute Gasteiger partial charge is 0.257 e. The van der Waals surface area contributed by atoms with E-state index in [1.54, 1.807) is 0 Å². The van der Waals surface area contributed by atoms with Crippen LogP contribution >= 0.6 is 0 Å². The van der Waals surface area contributed by atoms with Gasteiger partial charge in [0.2, 0.25) is 0 Å². The standard InChI is InChI=1S/C12H16N2O2/c1-7-3-10(8(2)16-7)11(15)14-5-9-4-12(9,13)6-14/h3,9H,4-6,13H2,1-2H3/t9-,12+/m0/s1. The van der Waals surface area contributed by atoms with E-state index < -0.39 is 0 Å². The Morgan fingerprint density at radius 3 is 2.88 bits per heavy atom. The molecule has 4 heteroatoms. The lowest BCUT2D eigenvalue weighted by atomic mass is 10.2. The molecule has 0 bridgehead atoms. The SMILES string of the molecule is Cc1cc(C(=O)N2C[C@@H]3C[C@@]3(N)C2)c(C)o1. The molecule has 1 aliphatic carbocycles. The van der Waals surface area contributed by atoms with Gasteiger partial charge in [-0.3, -0.25) is 4.79 Å². The van der Waals surface area contributed by atoms with Crippen LogP contribution in [0, 0.1) is 19.8 Å². The van der Waals surface area contributed by atoms with Crippen LogP contribution in [0.2, 0.25) is 0 Å². The van der Waals surface area contributed by atoms with Gasteiger partial charge in [-0.2, -0.15) is 0 Å². The molecule has 0 spiro atoms. The molecule has 86 valence electrons. The van der Waals surface area contributed by atoms with Gasteiger partial charge in [-0.1, -0.05) is 0 Å². The second kappa shape index (κ2) is 2.88. The summed E-state index contributed by atoms with van der Waals surface area (Å²) in [4.78, 5) is 14.1. The molecule has 1 aliphatic heterocycles. The predicted octanol–water partition coefficient (Wildman–Crippen LogP) is 1.07. The number of hydrogen-bond acceptors (Lipinski definition) is 3. The molecule has 1 saturated carbocycles. The van der Waals surface area contributed by atoms with Gasteiger partial charge in [-0.15, -0.1) is 0 Å². The Morgan fingerprint density at radius 1 is 1.62 bits per heavy atom. The van der Waals surface area contributed by atoms with Crippen molar-refractivity contribution in [1.82, 2.24) is 4.90 Å². The first-order valence-corrected chi connectivity index (χ1v) is 5.65. The fourth-order valence-corrected chi connectivity index (χ4v) is 2.69. The molecule has 2 heterocycles. The zero-order valence-electron chi connectivity index (χ0n) is 9.62. The number of hydrogen-bond donors (Lipinski definition) is 1. The summed E-state index contributed by atoms with van der Waals surface area (Å²) in [5.74, 6) is 2.07. The third kappa shape index (κ3) is 1.29. The molecule has 1 saturated heterocycles. The number of rotatable bonds is 1. The van der Waals surface area contributed by atoms with Gasteiger partial charge in [0.15, 0.2) is 0 Å². The number of carbonyl (C=O) groups excluding carboxylic acids is 1. The number of furan rings is 1. The van der Waals surface area contributed by atoms with E-state index >= 15 is 0 Å². The number of piperidine rings is 1. The van der Waals surface area contributed by atoms with Crippen LogP contribution < -0.4 is 5.73 Å². The van der Waals surface area contributed by atoms with E-state index in [2.05, 4.69) is 0 Å². The summed E-state index contributed by atoms with van der Waals surface area (Å²) in [6, 6.07) is 1.81. The van der Waals surface area contributed by atoms with Crippen LogP contribution in [-0.4, -0.2) is 29.4 Å². The summed E-state index contributed by atoms with van der Waals surface area (Å²) < 4.78 is 5.38. The summed E-state index contributed by atoms with van der Waals surface area (Å²) in [5.41, 5.74) is 6.69. The van der Waals surface area contributed by atoms with Gasteiger partial charge in [0.1, 0.15) is 11.5 Å². The molecule has 4 nitrogen and oxygen atoms in total. The van der Waals surface area contributed by atoms with Crippen LogP contribution in [-0.2, 0) is 0 Å². The van der Waals surface area contributed by atoms with Crippen molar-refractivity contribution in [1.29, 1.82) is 0 Å². The molecule has 3 rings (SSSR count). The third-order valence-electron chi connectivity index (χ3n) is 3.76. The highest BCUT2D eigenvalue weighted by molar-refractivity contribution is 5.95.